The van der Waals surface area contributed by atoms with E-state index in [0.29, 0.717) is 5.92 Å². The molecule has 2 rings (SSSR count). The lowest BCUT2D eigenvalue weighted by molar-refractivity contribution is 0.671. The highest BCUT2D eigenvalue weighted by atomic mass is 32.2. The molecule has 0 aliphatic carbocycles. The Bertz CT molecular complexity index is 468. The monoisotopic (exact) mass is 296 g/mol. The standard InChI is InChI=1S/C14H24N4OS/c1-4-5-15-13-12(11(2)3)14(17-10-16-13)18-6-8-20(19)9-7-18/h10-11H,4-9H2,1-3H3,(H,15,16,17). The quantitative estimate of drug-likeness (QED) is 0.900. The highest BCUT2D eigenvalue weighted by molar-refractivity contribution is 7.85. The van der Waals surface area contributed by atoms with Crippen molar-refractivity contribution >= 4 is 22.4 Å². The van der Waals surface area contributed by atoms with E-state index in [4.69, 9.17) is 0 Å². The van der Waals surface area contributed by atoms with Crippen LogP contribution in [0.25, 0.3) is 0 Å². The molecule has 1 fully saturated rings. The fraction of sp³-hybridized carbons (Fsp3) is 0.714. The summed E-state index contributed by atoms with van der Waals surface area (Å²) in [6.45, 7) is 9.03. The van der Waals surface area contributed by atoms with Crippen LogP contribution in [0.1, 0.15) is 38.7 Å². The van der Waals surface area contributed by atoms with Gasteiger partial charge in [-0.2, -0.15) is 0 Å². The molecule has 2 heterocycles. The Labute approximate surface area is 123 Å². The molecule has 1 saturated heterocycles. The molecule has 1 aromatic heterocycles. The molecule has 0 amide bonds. The van der Waals surface area contributed by atoms with Gasteiger partial charge in [0.1, 0.15) is 18.0 Å². The summed E-state index contributed by atoms with van der Waals surface area (Å²) in [7, 11) is -0.663. The maximum atomic E-state index is 11.5. The third kappa shape index (κ3) is 3.48. The van der Waals surface area contributed by atoms with Crippen LogP contribution in [0, 0.1) is 0 Å². The third-order valence-corrected chi connectivity index (χ3v) is 4.74. The van der Waals surface area contributed by atoms with Gasteiger partial charge in [0.2, 0.25) is 0 Å². The van der Waals surface area contributed by atoms with Gasteiger partial charge in [0, 0.05) is 47.5 Å². The van der Waals surface area contributed by atoms with Crippen LogP contribution in [0.15, 0.2) is 6.33 Å². The normalized spacial score (nSPS) is 16.7. The van der Waals surface area contributed by atoms with Gasteiger partial charge in [-0.1, -0.05) is 20.8 Å². The number of nitrogens with one attached hydrogen (secondary N) is 1. The van der Waals surface area contributed by atoms with E-state index in [0.717, 1.165) is 49.2 Å². The van der Waals surface area contributed by atoms with Gasteiger partial charge >= 0.3 is 0 Å². The fourth-order valence-electron chi connectivity index (χ4n) is 2.40. The largest absolute Gasteiger partial charge is 0.370 e. The van der Waals surface area contributed by atoms with Gasteiger partial charge in [-0.05, 0) is 12.3 Å². The Balaban J connectivity index is 2.29. The fourth-order valence-corrected chi connectivity index (χ4v) is 3.46. The Hall–Kier alpha value is -1.17. The molecule has 20 heavy (non-hydrogen) atoms. The van der Waals surface area contributed by atoms with Crippen molar-refractivity contribution < 1.29 is 4.21 Å². The molecule has 0 aromatic carbocycles. The molecule has 5 nitrogen and oxygen atoms in total. The molecule has 6 heteroatoms. The zero-order valence-corrected chi connectivity index (χ0v) is 13.4. The van der Waals surface area contributed by atoms with Crippen molar-refractivity contribution in [2.45, 2.75) is 33.1 Å². The Morgan fingerprint density at radius 2 is 2.05 bits per heavy atom. The van der Waals surface area contributed by atoms with E-state index < -0.39 is 10.8 Å². The Morgan fingerprint density at radius 3 is 2.65 bits per heavy atom. The van der Waals surface area contributed by atoms with Crippen molar-refractivity contribution in [3.05, 3.63) is 11.9 Å². The first-order chi connectivity index (χ1) is 9.63. The molecule has 0 bridgehead atoms. The van der Waals surface area contributed by atoms with Gasteiger partial charge in [-0.25, -0.2) is 9.97 Å². The molecular formula is C14H24N4OS. The molecule has 1 N–H and O–H groups in total. The molecule has 0 unspecified atom stereocenters. The van der Waals surface area contributed by atoms with E-state index in [1.807, 2.05) is 0 Å². The zero-order valence-electron chi connectivity index (χ0n) is 12.6. The topological polar surface area (TPSA) is 58.1 Å². The maximum absolute atomic E-state index is 11.5. The molecule has 1 aliphatic heterocycles. The van der Waals surface area contributed by atoms with Gasteiger partial charge in [0.25, 0.3) is 0 Å². The highest BCUT2D eigenvalue weighted by Gasteiger charge is 2.22. The second kappa shape index (κ2) is 7.02. The second-order valence-electron chi connectivity index (χ2n) is 5.38. The summed E-state index contributed by atoms with van der Waals surface area (Å²) < 4.78 is 11.5. The van der Waals surface area contributed by atoms with E-state index >= 15 is 0 Å². The van der Waals surface area contributed by atoms with Crippen molar-refractivity contribution in [2.75, 3.05) is 41.4 Å². The maximum Gasteiger partial charge on any atom is 0.137 e. The third-order valence-electron chi connectivity index (χ3n) is 3.46. The van der Waals surface area contributed by atoms with E-state index in [-0.39, 0.29) is 0 Å². The van der Waals surface area contributed by atoms with Crippen molar-refractivity contribution in [3.63, 3.8) is 0 Å². The van der Waals surface area contributed by atoms with Crippen molar-refractivity contribution in [3.8, 4) is 0 Å². The summed E-state index contributed by atoms with van der Waals surface area (Å²) in [5, 5.41) is 3.39. The number of hydrogen-bond donors (Lipinski definition) is 1. The first-order valence-electron chi connectivity index (χ1n) is 7.32. The molecule has 1 aromatic rings. The van der Waals surface area contributed by atoms with Gasteiger partial charge in [0.05, 0.1) is 0 Å². The van der Waals surface area contributed by atoms with Crippen LogP contribution in [0.3, 0.4) is 0 Å². The lowest BCUT2D eigenvalue weighted by Crippen LogP contribution is -2.39. The minimum atomic E-state index is -0.663. The second-order valence-corrected chi connectivity index (χ2v) is 7.07. The smallest absolute Gasteiger partial charge is 0.137 e. The zero-order chi connectivity index (χ0) is 14.5. The van der Waals surface area contributed by atoms with Crippen LogP contribution in [-0.4, -0.2) is 45.3 Å². The SMILES string of the molecule is CCCNc1ncnc(N2CCS(=O)CC2)c1C(C)C. The van der Waals surface area contributed by atoms with Gasteiger partial charge in [-0.15, -0.1) is 0 Å². The molecular weight excluding hydrogens is 272 g/mol. The van der Waals surface area contributed by atoms with Crippen LogP contribution in [0.2, 0.25) is 0 Å². The average Bonchev–Trinajstić information content (AvgIpc) is 2.45. The predicted octanol–water partition coefficient (Wildman–Crippen LogP) is 1.99. The van der Waals surface area contributed by atoms with Crippen molar-refractivity contribution in [1.29, 1.82) is 0 Å². The Kier molecular flexibility index (Phi) is 5.34. The minimum absolute atomic E-state index is 0.359. The first kappa shape index (κ1) is 15.2. The number of hydrogen-bond acceptors (Lipinski definition) is 5. The molecule has 112 valence electrons. The lowest BCUT2D eigenvalue weighted by Gasteiger charge is -2.30. The van der Waals surface area contributed by atoms with Crippen LogP contribution >= 0.6 is 0 Å². The summed E-state index contributed by atoms with van der Waals surface area (Å²) in [6.07, 6.45) is 2.70. The summed E-state index contributed by atoms with van der Waals surface area (Å²) in [5.41, 5.74) is 1.17. The first-order valence-corrected chi connectivity index (χ1v) is 8.81. The van der Waals surface area contributed by atoms with E-state index in [2.05, 4.69) is 41.0 Å². The molecule has 1 aliphatic rings. The van der Waals surface area contributed by atoms with E-state index in [9.17, 15) is 4.21 Å². The van der Waals surface area contributed by atoms with E-state index in [1.165, 1.54) is 5.56 Å². The van der Waals surface area contributed by atoms with Crippen LogP contribution in [0.4, 0.5) is 11.6 Å². The number of aromatic nitrogens is 2. The number of anilines is 2. The number of rotatable bonds is 5. The molecule has 0 atom stereocenters. The highest BCUT2D eigenvalue weighted by Crippen LogP contribution is 2.31. The van der Waals surface area contributed by atoms with Crippen molar-refractivity contribution in [1.82, 2.24) is 9.97 Å². The number of nitrogens with zero attached hydrogens (tertiary/aromatic N) is 3. The van der Waals surface area contributed by atoms with Gasteiger partial charge in [-0.3, -0.25) is 4.21 Å². The van der Waals surface area contributed by atoms with Gasteiger partial charge in [0.15, 0.2) is 0 Å². The summed E-state index contributed by atoms with van der Waals surface area (Å²) in [4.78, 5) is 11.1. The molecule has 0 saturated carbocycles. The average molecular weight is 296 g/mol. The van der Waals surface area contributed by atoms with Crippen LogP contribution < -0.4 is 10.2 Å². The molecule has 0 spiro atoms. The Morgan fingerprint density at radius 1 is 1.35 bits per heavy atom. The molecule has 0 radical (unpaired) electrons. The van der Waals surface area contributed by atoms with E-state index in [1.54, 1.807) is 6.33 Å². The van der Waals surface area contributed by atoms with Crippen molar-refractivity contribution in [2.24, 2.45) is 0 Å². The summed E-state index contributed by atoms with van der Waals surface area (Å²) >= 11 is 0. The predicted molar refractivity (Wildman–Crippen MR) is 85.0 cm³/mol. The van der Waals surface area contributed by atoms with Crippen LogP contribution in [0.5, 0.6) is 0 Å². The summed E-state index contributed by atoms with van der Waals surface area (Å²) in [6, 6.07) is 0. The summed E-state index contributed by atoms with van der Waals surface area (Å²) in [5.74, 6) is 3.78. The van der Waals surface area contributed by atoms with Crippen LogP contribution in [-0.2, 0) is 10.8 Å². The lowest BCUT2D eigenvalue weighted by atomic mass is 10.0. The van der Waals surface area contributed by atoms with Gasteiger partial charge < -0.3 is 10.2 Å². The minimum Gasteiger partial charge on any atom is -0.370 e.